The van der Waals surface area contributed by atoms with Crippen molar-refractivity contribution in [3.8, 4) is 34.3 Å². The summed E-state index contributed by atoms with van der Waals surface area (Å²) in [4.78, 5) is 18.3. The van der Waals surface area contributed by atoms with Crippen LogP contribution in [-0.4, -0.2) is 66.9 Å². The van der Waals surface area contributed by atoms with Gasteiger partial charge in [0.05, 0.1) is 30.0 Å². The van der Waals surface area contributed by atoms with Crippen LogP contribution in [0.2, 0.25) is 0 Å². The summed E-state index contributed by atoms with van der Waals surface area (Å²) < 4.78 is 22.0. The van der Waals surface area contributed by atoms with Gasteiger partial charge in [-0.05, 0) is 50.1 Å². The summed E-state index contributed by atoms with van der Waals surface area (Å²) in [5.74, 6) is 0.954. The number of piperazine rings is 1. The van der Waals surface area contributed by atoms with E-state index in [0.717, 1.165) is 31.0 Å². The number of hydrogen-bond donors (Lipinski definition) is 1. The summed E-state index contributed by atoms with van der Waals surface area (Å²) in [6.45, 7) is 5.81. The van der Waals surface area contributed by atoms with Gasteiger partial charge in [-0.2, -0.15) is 10.4 Å². The summed E-state index contributed by atoms with van der Waals surface area (Å²) in [5, 5.41) is 24.4. The van der Waals surface area contributed by atoms with Crippen molar-refractivity contribution in [1.29, 1.82) is 5.26 Å². The van der Waals surface area contributed by atoms with E-state index >= 15 is 4.39 Å². The van der Waals surface area contributed by atoms with Gasteiger partial charge in [0.15, 0.2) is 0 Å². The number of ether oxygens (including phenoxy) is 1. The van der Waals surface area contributed by atoms with Crippen LogP contribution in [0.15, 0.2) is 67.4 Å². The van der Waals surface area contributed by atoms with E-state index in [2.05, 4.69) is 37.0 Å². The van der Waals surface area contributed by atoms with Crippen molar-refractivity contribution in [2.75, 3.05) is 25.1 Å². The highest BCUT2D eigenvalue weighted by Gasteiger charge is 2.44. The molecule has 3 saturated heterocycles. The Labute approximate surface area is 254 Å². The fourth-order valence-corrected chi connectivity index (χ4v) is 6.24. The lowest BCUT2D eigenvalue weighted by molar-refractivity contribution is -0.00876. The molecular weight excluding hydrogens is 559 g/mol. The van der Waals surface area contributed by atoms with Gasteiger partial charge in [-0.3, -0.25) is 9.88 Å². The topological polar surface area (TPSA) is 116 Å². The second-order valence-corrected chi connectivity index (χ2v) is 12.0. The minimum Gasteiger partial charge on any atom is -0.481 e. The Morgan fingerprint density at radius 3 is 2.48 bits per heavy atom. The van der Waals surface area contributed by atoms with Crippen molar-refractivity contribution < 1.29 is 14.2 Å². The van der Waals surface area contributed by atoms with Crippen LogP contribution in [0.25, 0.3) is 27.9 Å². The SMILES string of the molecule is COc1ccc(CN2C3CC2CN(c2ccc(-c4cc(-c5ncc(C(C)(C)O)cc5F)cn5ncc(C#N)c45)cn2)C3)cn1. The predicted octanol–water partition coefficient (Wildman–Crippen LogP) is 4.56. The smallest absolute Gasteiger partial charge is 0.212 e. The molecule has 2 unspecified atom stereocenters. The number of nitrogens with zero attached hydrogens (tertiary/aromatic N) is 8. The number of fused-ring (bicyclic) bond motifs is 3. The number of anilines is 1. The van der Waals surface area contributed by atoms with Crippen molar-refractivity contribution in [1.82, 2.24) is 29.5 Å². The third kappa shape index (κ3) is 4.92. The molecule has 2 atom stereocenters. The molecule has 2 bridgehead atoms. The second-order valence-electron chi connectivity index (χ2n) is 12.0. The molecule has 0 aliphatic carbocycles. The maximum absolute atomic E-state index is 15.3. The number of hydrogen-bond acceptors (Lipinski definition) is 9. The Hall–Kier alpha value is -4.92. The van der Waals surface area contributed by atoms with Gasteiger partial charge >= 0.3 is 0 Å². The Bertz CT molecular complexity index is 1880. The normalized spacial score (nSPS) is 18.2. The van der Waals surface area contributed by atoms with E-state index in [1.165, 1.54) is 30.4 Å². The number of aromatic nitrogens is 5. The quantitative estimate of drug-likeness (QED) is 0.291. The van der Waals surface area contributed by atoms with E-state index in [4.69, 9.17) is 9.72 Å². The van der Waals surface area contributed by atoms with Gasteiger partial charge in [-0.25, -0.2) is 18.9 Å². The lowest BCUT2D eigenvalue weighted by Gasteiger charge is -2.56. The van der Waals surface area contributed by atoms with Gasteiger partial charge < -0.3 is 14.7 Å². The van der Waals surface area contributed by atoms with Crippen LogP contribution in [0.3, 0.4) is 0 Å². The molecule has 8 rings (SSSR count). The molecule has 5 aromatic rings. The van der Waals surface area contributed by atoms with E-state index in [-0.39, 0.29) is 5.69 Å². The van der Waals surface area contributed by atoms with E-state index in [1.807, 2.05) is 30.5 Å². The molecule has 3 fully saturated rings. The Morgan fingerprint density at radius 2 is 1.84 bits per heavy atom. The molecule has 0 radical (unpaired) electrons. The summed E-state index contributed by atoms with van der Waals surface area (Å²) >= 11 is 0. The third-order valence-electron chi connectivity index (χ3n) is 8.65. The molecule has 11 heteroatoms. The maximum atomic E-state index is 15.3. The predicted molar refractivity (Wildman–Crippen MR) is 162 cm³/mol. The van der Waals surface area contributed by atoms with Crippen LogP contribution >= 0.6 is 0 Å². The second kappa shape index (κ2) is 10.7. The Kier molecular flexibility index (Phi) is 6.76. The fourth-order valence-electron chi connectivity index (χ4n) is 6.24. The van der Waals surface area contributed by atoms with E-state index in [9.17, 15) is 10.4 Å². The van der Waals surface area contributed by atoms with Gasteiger partial charge in [-0.15, -0.1) is 0 Å². The molecule has 0 aromatic carbocycles. The zero-order chi connectivity index (χ0) is 30.6. The Balaban J connectivity index is 1.15. The molecule has 44 heavy (non-hydrogen) atoms. The molecule has 0 amide bonds. The van der Waals surface area contributed by atoms with E-state index < -0.39 is 11.4 Å². The average molecular weight is 591 g/mol. The van der Waals surface area contributed by atoms with Crippen LogP contribution in [0.4, 0.5) is 10.2 Å². The summed E-state index contributed by atoms with van der Waals surface area (Å²) in [5.41, 5.74) is 3.44. The average Bonchev–Trinajstić information content (AvgIpc) is 3.46. The number of rotatable bonds is 7. The van der Waals surface area contributed by atoms with Crippen LogP contribution < -0.4 is 9.64 Å². The van der Waals surface area contributed by atoms with Crippen molar-refractivity contribution in [2.45, 2.75) is 44.5 Å². The number of methoxy groups -OCH3 is 1. The number of piperidine rings is 1. The minimum atomic E-state index is -1.22. The van der Waals surface area contributed by atoms with Gasteiger partial charge in [-0.1, -0.05) is 6.07 Å². The molecule has 5 aromatic heterocycles. The highest BCUT2D eigenvalue weighted by molar-refractivity contribution is 5.87. The first kappa shape index (κ1) is 27.9. The molecule has 3 aliphatic heterocycles. The van der Waals surface area contributed by atoms with Crippen LogP contribution in [0.1, 0.15) is 37.0 Å². The summed E-state index contributed by atoms with van der Waals surface area (Å²) in [6, 6.07) is 14.2. The third-order valence-corrected chi connectivity index (χ3v) is 8.65. The van der Waals surface area contributed by atoms with Gasteiger partial charge in [0.25, 0.3) is 0 Å². The lowest BCUT2D eigenvalue weighted by Crippen LogP contribution is -2.68. The van der Waals surface area contributed by atoms with Gasteiger partial charge in [0, 0.05) is 84.8 Å². The molecule has 8 heterocycles. The first-order valence-electron chi connectivity index (χ1n) is 14.5. The van der Waals surface area contributed by atoms with Gasteiger partial charge in [0.2, 0.25) is 5.88 Å². The van der Waals surface area contributed by atoms with Crippen LogP contribution in [0.5, 0.6) is 5.88 Å². The molecule has 0 saturated carbocycles. The standard InChI is InChI=1S/C33H31FN8O2/c1-33(2,43)24-9-28(34)31(38-15-24)22-8-27(32-23(11-35)14-39-42(32)17-22)21-5-6-29(36-13-21)40-18-25-10-26(19-40)41(25)16-20-4-7-30(44-3)37-12-20/h4-9,12-15,17,25-26,43H,10,16,18-19H2,1-3H3. The van der Waals surface area contributed by atoms with Crippen molar-refractivity contribution in [3.63, 3.8) is 0 Å². The lowest BCUT2D eigenvalue weighted by atomic mass is 9.87. The van der Waals surface area contributed by atoms with Crippen molar-refractivity contribution >= 4 is 11.3 Å². The fraction of sp³-hybridized carbons (Fsp3) is 0.303. The summed E-state index contributed by atoms with van der Waals surface area (Å²) in [7, 11) is 1.62. The number of nitriles is 1. The largest absolute Gasteiger partial charge is 0.481 e. The monoisotopic (exact) mass is 590 g/mol. The van der Waals surface area contributed by atoms with Crippen molar-refractivity contribution in [3.05, 3.63) is 89.9 Å². The minimum absolute atomic E-state index is 0.127. The highest BCUT2D eigenvalue weighted by Crippen LogP contribution is 2.37. The van der Waals surface area contributed by atoms with E-state index in [0.29, 0.717) is 45.7 Å². The molecule has 10 nitrogen and oxygen atoms in total. The van der Waals surface area contributed by atoms with Gasteiger partial charge in [0.1, 0.15) is 23.4 Å². The number of pyridine rings is 4. The highest BCUT2D eigenvalue weighted by atomic mass is 19.1. The first-order valence-corrected chi connectivity index (χ1v) is 14.5. The molecule has 222 valence electrons. The zero-order valence-electron chi connectivity index (χ0n) is 24.6. The first-order chi connectivity index (χ1) is 21.2. The maximum Gasteiger partial charge on any atom is 0.212 e. The molecule has 3 aliphatic rings. The molecular formula is C33H31FN8O2. The zero-order valence-corrected chi connectivity index (χ0v) is 24.6. The Morgan fingerprint density at radius 1 is 1.02 bits per heavy atom. The summed E-state index contributed by atoms with van der Waals surface area (Å²) in [6.07, 6.45) is 9.47. The number of halogens is 1. The van der Waals surface area contributed by atoms with E-state index in [1.54, 1.807) is 37.9 Å². The molecule has 1 N–H and O–H groups in total. The number of aliphatic hydroxyl groups is 1. The van der Waals surface area contributed by atoms with Crippen LogP contribution in [0, 0.1) is 17.1 Å². The van der Waals surface area contributed by atoms with Crippen molar-refractivity contribution in [2.24, 2.45) is 0 Å². The molecule has 0 spiro atoms. The van der Waals surface area contributed by atoms with Crippen LogP contribution in [-0.2, 0) is 12.1 Å².